The molecule has 100 valence electrons. The molecule has 0 aliphatic rings. The summed E-state index contributed by atoms with van der Waals surface area (Å²) < 4.78 is 14.5. The van der Waals surface area contributed by atoms with Gasteiger partial charge in [0, 0.05) is 20.6 Å². The van der Waals surface area contributed by atoms with Gasteiger partial charge in [-0.15, -0.1) is 0 Å². The molecule has 0 saturated carbocycles. The van der Waals surface area contributed by atoms with Gasteiger partial charge in [-0.25, -0.2) is 4.39 Å². The highest BCUT2D eigenvalue weighted by atomic mass is 127. The monoisotopic (exact) mass is 410 g/mol. The minimum Gasteiger partial charge on any atom is -0.388 e. The van der Waals surface area contributed by atoms with Gasteiger partial charge in [0.25, 0.3) is 0 Å². The fourth-order valence-electron chi connectivity index (χ4n) is 1.76. The topological polar surface area (TPSA) is 20.2 Å². The number of halogens is 4. The lowest BCUT2D eigenvalue weighted by molar-refractivity contribution is 0.177. The summed E-state index contributed by atoms with van der Waals surface area (Å²) in [7, 11) is 0. The van der Waals surface area contributed by atoms with E-state index in [1.54, 1.807) is 18.2 Å². The van der Waals surface area contributed by atoms with E-state index in [2.05, 4.69) is 22.6 Å². The predicted molar refractivity (Wildman–Crippen MR) is 84.2 cm³/mol. The van der Waals surface area contributed by atoms with E-state index in [1.807, 2.05) is 6.07 Å². The molecule has 0 aromatic heterocycles. The second kappa shape index (κ2) is 6.39. The lowest BCUT2D eigenvalue weighted by Gasteiger charge is -2.13. The molecule has 0 heterocycles. The fourth-order valence-corrected chi connectivity index (χ4v) is 2.52. The molecule has 0 aliphatic carbocycles. The summed E-state index contributed by atoms with van der Waals surface area (Å²) in [6.45, 7) is 0. The summed E-state index contributed by atoms with van der Waals surface area (Å²) in [5.74, 6) is -0.414. The molecule has 0 radical (unpaired) electrons. The number of hydrogen-bond acceptors (Lipinski definition) is 1. The minimum atomic E-state index is -0.844. The average Bonchev–Trinajstić information content (AvgIpc) is 2.37. The first kappa shape index (κ1) is 15.0. The molecule has 1 atom stereocenters. The van der Waals surface area contributed by atoms with E-state index in [9.17, 15) is 9.50 Å². The van der Waals surface area contributed by atoms with Gasteiger partial charge in [0.05, 0.1) is 11.1 Å². The zero-order valence-electron chi connectivity index (χ0n) is 9.71. The maximum Gasteiger partial charge on any atom is 0.127 e. The van der Waals surface area contributed by atoms with E-state index in [1.165, 1.54) is 12.1 Å². The van der Waals surface area contributed by atoms with E-state index in [-0.39, 0.29) is 6.42 Å². The molecule has 2 rings (SSSR count). The zero-order chi connectivity index (χ0) is 14.0. The molecule has 19 heavy (non-hydrogen) atoms. The van der Waals surface area contributed by atoms with Crippen LogP contribution in [0.4, 0.5) is 4.39 Å². The fraction of sp³-hybridized carbons (Fsp3) is 0.143. The Morgan fingerprint density at radius 3 is 2.53 bits per heavy atom. The SMILES string of the molecule is OC(Cc1c(F)cccc1Cl)c1ccc(I)c(Cl)c1. The molecule has 0 aliphatic heterocycles. The van der Waals surface area contributed by atoms with Crippen molar-refractivity contribution in [3.05, 3.63) is 67.0 Å². The van der Waals surface area contributed by atoms with Gasteiger partial charge in [0.1, 0.15) is 5.82 Å². The summed E-state index contributed by atoms with van der Waals surface area (Å²) in [6, 6.07) is 9.73. The van der Waals surface area contributed by atoms with Gasteiger partial charge >= 0.3 is 0 Å². The second-order valence-electron chi connectivity index (χ2n) is 4.09. The molecule has 0 saturated heterocycles. The maximum atomic E-state index is 13.6. The molecule has 0 spiro atoms. The maximum absolute atomic E-state index is 13.6. The second-order valence-corrected chi connectivity index (χ2v) is 6.07. The van der Waals surface area contributed by atoms with E-state index in [4.69, 9.17) is 23.2 Å². The van der Waals surface area contributed by atoms with E-state index in [0.29, 0.717) is 21.2 Å². The first-order valence-corrected chi connectivity index (χ1v) is 7.38. The van der Waals surface area contributed by atoms with Crippen molar-refractivity contribution in [2.24, 2.45) is 0 Å². The molecular weight excluding hydrogens is 401 g/mol. The summed E-state index contributed by atoms with van der Waals surface area (Å²) >= 11 is 14.0. The Hall–Kier alpha value is -0.360. The zero-order valence-corrected chi connectivity index (χ0v) is 13.4. The Kier molecular flexibility index (Phi) is 5.06. The largest absolute Gasteiger partial charge is 0.388 e. The average molecular weight is 411 g/mol. The molecule has 2 aromatic carbocycles. The van der Waals surface area contributed by atoms with E-state index in [0.717, 1.165) is 3.57 Å². The van der Waals surface area contributed by atoms with Crippen LogP contribution in [0, 0.1) is 9.39 Å². The number of benzene rings is 2. The van der Waals surface area contributed by atoms with Gasteiger partial charge in [0.15, 0.2) is 0 Å². The van der Waals surface area contributed by atoms with Gasteiger partial charge in [-0.3, -0.25) is 0 Å². The van der Waals surface area contributed by atoms with Gasteiger partial charge in [-0.1, -0.05) is 35.3 Å². The van der Waals surface area contributed by atoms with Crippen molar-refractivity contribution in [3.8, 4) is 0 Å². The first-order chi connectivity index (χ1) is 8.99. The Labute approximate surface area is 134 Å². The smallest absolute Gasteiger partial charge is 0.127 e. The number of aliphatic hydroxyl groups excluding tert-OH is 1. The third kappa shape index (κ3) is 3.60. The number of hydrogen-bond donors (Lipinski definition) is 1. The molecule has 0 amide bonds. The van der Waals surface area contributed by atoms with E-state index < -0.39 is 11.9 Å². The molecule has 5 heteroatoms. The Balaban J connectivity index is 2.25. The Bertz CT molecular complexity index is 584. The van der Waals surface area contributed by atoms with Crippen molar-refractivity contribution < 1.29 is 9.50 Å². The van der Waals surface area contributed by atoms with Crippen LogP contribution in [0.3, 0.4) is 0 Å². The molecule has 0 bridgehead atoms. The molecule has 1 unspecified atom stereocenters. The third-order valence-electron chi connectivity index (χ3n) is 2.79. The molecule has 0 fully saturated rings. The van der Waals surface area contributed by atoms with Crippen molar-refractivity contribution in [2.45, 2.75) is 12.5 Å². The van der Waals surface area contributed by atoms with Crippen LogP contribution in [-0.4, -0.2) is 5.11 Å². The van der Waals surface area contributed by atoms with Crippen LogP contribution in [0.15, 0.2) is 36.4 Å². The lowest BCUT2D eigenvalue weighted by atomic mass is 10.0. The standard InChI is InChI=1S/C14H10Cl2FIO/c15-10-2-1-3-12(17)9(10)7-14(19)8-4-5-13(18)11(16)6-8/h1-6,14,19H,7H2. The van der Waals surface area contributed by atoms with Gasteiger partial charge in [-0.05, 0) is 52.4 Å². The normalized spacial score (nSPS) is 12.5. The van der Waals surface area contributed by atoms with Crippen LogP contribution < -0.4 is 0 Å². The summed E-state index contributed by atoms with van der Waals surface area (Å²) in [6.07, 6.45) is -0.730. The predicted octanol–water partition coefficient (Wildman–Crippen LogP) is 5.01. The highest BCUT2D eigenvalue weighted by Crippen LogP contribution is 2.28. The highest BCUT2D eigenvalue weighted by Gasteiger charge is 2.15. The van der Waals surface area contributed by atoms with Crippen LogP contribution in [0.1, 0.15) is 17.2 Å². The summed E-state index contributed by atoms with van der Waals surface area (Å²) in [4.78, 5) is 0. The van der Waals surface area contributed by atoms with Crippen molar-refractivity contribution in [1.82, 2.24) is 0 Å². The third-order valence-corrected chi connectivity index (χ3v) is 4.71. The van der Waals surface area contributed by atoms with Crippen molar-refractivity contribution in [2.75, 3.05) is 0 Å². The van der Waals surface area contributed by atoms with Crippen molar-refractivity contribution in [3.63, 3.8) is 0 Å². The van der Waals surface area contributed by atoms with Gasteiger partial charge in [0.2, 0.25) is 0 Å². The molecular formula is C14H10Cl2FIO. The van der Waals surface area contributed by atoms with Crippen LogP contribution in [-0.2, 0) is 6.42 Å². The summed E-state index contributed by atoms with van der Waals surface area (Å²) in [5.41, 5.74) is 0.955. The quantitative estimate of drug-likeness (QED) is 0.705. The molecule has 1 nitrogen and oxygen atoms in total. The van der Waals surface area contributed by atoms with Crippen LogP contribution >= 0.6 is 45.8 Å². The lowest BCUT2D eigenvalue weighted by Crippen LogP contribution is -2.04. The number of aliphatic hydroxyl groups is 1. The summed E-state index contributed by atoms with van der Waals surface area (Å²) in [5, 5.41) is 11.0. The van der Waals surface area contributed by atoms with Crippen LogP contribution in [0.5, 0.6) is 0 Å². The first-order valence-electron chi connectivity index (χ1n) is 5.55. The molecule has 2 aromatic rings. The Morgan fingerprint density at radius 2 is 1.89 bits per heavy atom. The highest BCUT2D eigenvalue weighted by molar-refractivity contribution is 14.1. The van der Waals surface area contributed by atoms with Gasteiger partial charge < -0.3 is 5.11 Å². The van der Waals surface area contributed by atoms with Crippen LogP contribution in [0.25, 0.3) is 0 Å². The Morgan fingerprint density at radius 1 is 1.16 bits per heavy atom. The minimum absolute atomic E-state index is 0.114. The molecule has 1 N–H and O–H groups in total. The van der Waals surface area contributed by atoms with E-state index >= 15 is 0 Å². The van der Waals surface area contributed by atoms with Gasteiger partial charge in [-0.2, -0.15) is 0 Å². The van der Waals surface area contributed by atoms with Crippen molar-refractivity contribution in [1.29, 1.82) is 0 Å². The van der Waals surface area contributed by atoms with Crippen LogP contribution in [0.2, 0.25) is 10.0 Å². The number of rotatable bonds is 3. The van der Waals surface area contributed by atoms with Crippen molar-refractivity contribution >= 4 is 45.8 Å².